The van der Waals surface area contributed by atoms with E-state index in [1.165, 1.54) is 6.20 Å². The Labute approximate surface area is 241 Å². The summed E-state index contributed by atoms with van der Waals surface area (Å²) in [5.74, 6) is 1.55. The Hall–Kier alpha value is -5.61. The quantitative estimate of drug-likeness (QED) is 0.182. The molecule has 0 amide bonds. The van der Waals surface area contributed by atoms with Gasteiger partial charge in [-0.2, -0.15) is 0 Å². The van der Waals surface area contributed by atoms with Crippen LogP contribution < -0.4 is 15.4 Å². The molecule has 0 saturated heterocycles. The third kappa shape index (κ3) is 7.28. The molecule has 4 heteroatoms. The standard InChI is InChI=1S/C37H31N3O/c1-29(10-8-9-26-38)37-28-31(25-27-39-37)16-15-30-17-21-35(22-18-30)41-36-23-19-34(20-24-36)40(32-11-4-2-5-12-32)33-13-6-3-7-14-33/h2-28H,1,38H2/b10-8-,16-15+,26-9-. The maximum Gasteiger partial charge on any atom is 0.127 e. The van der Waals surface area contributed by atoms with Gasteiger partial charge in [-0.15, -0.1) is 0 Å². The van der Waals surface area contributed by atoms with Gasteiger partial charge in [0.1, 0.15) is 11.5 Å². The molecule has 1 heterocycles. The van der Waals surface area contributed by atoms with Crippen molar-refractivity contribution in [1.29, 1.82) is 0 Å². The van der Waals surface area contributed by atoms with Crippen LogP contribution in [-0.2, 0) is 0 Å². The number of hydrogen-bond acceptors (Lipinski definition) is 4. The molecule has 0 aliphatic rings. The summed E-state index contributed by atoms with van der Waals surface area (Å²) in [6.07, 6.45) is 12.9. The lowest BCUT2D eigenvalue weighted by Gasteiger charge is -2.25. The summed E-state index contributed by atoms with van der Waals surface area (Å²) in [7, 11) is 0. The number of hydrogen-bond donors (Lipinski definition) is 1. The summed E-state index contributed by atoms with van der Waals surface area (Å²) in [4.78, 5) is 6.64. The number of allylic oxidation sites excluding steroid dienone is 4. The van der Waals surface area contributed by atoms with Gasteiger partial charge >= 0.3 is 0 Å². The number of anilines is 3. The monoisotopic (exact) mass is 533 g/mol. The topological polar surface area (TPSA) is 51.4 Å². The van der Waals surface area contributed by atoms with Crippen molar-refractivity contribution in [1.82, 2.24) is 4.98 Å². The van der Waals surface area contributed by atoms with Gasteiger partial charge in [0.15, 0.2) is 0 Å². The van der Waals surface area contributed by atoms with E-state index in [0.717, 1.165) is 51.0 Å². The molecule has 0 unspecified atom stereocenters. The van der Waals surface area contributed by atoms with Crippen LogP contribution >= 0.6 is 0 Å². The molecular weight excluding hydrogens is 502 g/mol. The van der Waals surface area contributed by atoms with E-state index in [4.69, 9.17) is 10.5 Å². The molecule has 5 rings (SSSR count). The summed E-state index contributed by atoms with van der Waals surface area (Å²) >= 11 is 0. The fraction of sp³-hybridized carbons (Fsp3) is 0. The first kappa shape index (κ1) is 27.0. The number of benzene rings is 4. The van der Waals surface area contributed by atoms with E-state index < -0.39 is 0 Å². The fourth-order valence-electron chi connectivity index (χ4n) is 4.29. The highest BCUT2D eigenvalue weighted by molar-refractivity contribution is 5.77. The van der Waals surface area contributed by atoms with Gasteiger partial charge in [0.25, 0.3) is 0 Å². The van der Waals surface area contributed by atoms with E-state index in [1.807, 2.05) is 72.8 Å². The van der Waals surface area contributed by atoms with Gasteiger partial charge in [-0.3, -0.25) is 4.98 Å². The lowest BCUT2D eigenvalue weighted by molar-refractivity contribution is 0.482. The summed E-state index contributed by atoms with van der Waals surface area (Å²) in [6.45, 7) is 4.08. The predicted molar refractivity (Wildman–Crippen MR) is 172 cm³/mol. The molecule has 1 aromatic heterocycles. The van der Waals surface area contributed by atoms with Crippen molar-refractivity contribution < 1.29 is 4.74 Å². The van der Waals surface area contributed by atoms with Crippen LogP contribution in [0.3, 0.4) is 0 Å². The second kappa shape index (κ2) is 13.5. The van der Waals surface area contributed by atoms with Crippen molar-refractivity contribution in [3.63, 3.8) is 0 Å². The van der Waals surface area contributed by atoms with Gasteiger partial charge in [0.05, 0.1) is 5.69 Å². The zero-order valence-corrected chi connectivity index (χ0v) is 22.7. The maximum atomic E-state index is 6.15. The second-order valence-electron chi connectivity index (χ2n) is 9.25. The van der Waals surface area contributed by atoms with Crippen molar-refractivity contribution in [3.05, 3.63) is 175 Å². The zero-order valence-electron chi connectivity index (χ0n) is 22.7. The van der Waals surface area contributed by atoms with Crippen LogP contribution in [-0.4, -0.2) is 4.98 Å². The number of pyridine rings is 1. The van der Waals surface area contributed by atoms with E-state index >= 15 is 0 Å². The molecule has 4 nitrogen and oxygen atoms in total. The van der Waals surface area contributed by atoms with Gasteiger partial charge < -0.3 is 15.4 Å². The molecule has 0 saturated carbocycles. The fourth-order valence-corrected chi connectivity index (χ4v) is 4.29. The van der Waals surface area contributed by atoms with E-state index in [1.54, 1.807) is 12.3 Å². The minimum atomic E-state index is 0.777. The zero-order chi connectivity index (χ0) is 28.3. The Kier molecular flexibility index (Phi) is 8.85. The van der Waals surface area contributed by atoms with Crippen LogP contribution in [0.4, 0.5) is 17.1 Å². The minimum Gasteiger partial charge on any atom is -0.457 e. The van der Waals surface area contributed by atoms with Crippen LogP contribution in [0.1, 0.15) is 16.8 Å². The third-order valence-corrected chi connectivity index (χ3v) is 6.34. The molecule has 0 fully saturated rings. The number of aromatic nitrogens is 1. The van der Waals surface area contributed by atoms with E-state index in [2.05, 4.69) is 89.3 Å². The van der Waals surface area contributed by atoms with Gasteiger partial charge in [-0.1, -0.05) is 79.4 Å². The highest BCUT2D eigenvalue weighted by atomic mass is 16.5. The minimum absolute atomic E-state index is 0.777. The van der Waals surface area contributed by atoms with Crippen molar-refractivity contribution in [2.75, 3.05) is 4.90 Å². The largest absolute Gasteiger partial charge is 0.457 e. The summed E-state index contributed by atoms with van der Waals surface area (Å²) in [5.41, 5.74) is 12.4. The van der Waals surface area contributed by atoms with Gasteiger partial charge in [-0.25, -0.2) is 0 Å². The third-order valence-electron chi connectivity index (χ3n) is 6.34. The average Bonchev–Trinajstić information content (AvgIpc) is 3.03. The predicted octanol–water partition coefficient (Wildman–Crippen LogP) is 9.56. The number of ether oxygens (including phenoxy) is 1. The van der Waals surface area contributed by atoms with Gasteiger partial charge in [-0.05, 0) is 102 Å². The molecule has 4 aromatic carbocycles. The first-order valence-electron chi connectivity index (χ1n) is 13.4. The molecular formula is C37H31N3O. The summed E-state index contributed by atoms with van der Waals surface area (Å²) < 4.78 is 6.15. The van der Waals surface area contributed by atoms with Gasteiger partial charge in [0, 0.05) is 23.3 Å². The van der Waals surface area contributed by atoms with Crippen molar-refractivity contribution in [2.24, 2.45) is 5.73 Å². The molecule has 0 radical (unpaired) electrons. The number of para-hydroxylation sites is 2. The van der Waals surface area contributed by atoms with Crippen molar-refractivity contribution >= 4 is 34.8 Å². The average molecular weight is 534 g/mol. The lowest BCUT2D eigenvalue weighted by atomic mass is 10.1. The number of rotatable bonds is 10. The molecule has 0 aliphatic heterocycles. The van der Waals surface area contributed by atoms with Crippen LogP contribution in [0, 0.1) is 0 Å². The van der Waals surface area contributed by atoms with Crippen molar-refractivity contribution in [2.45, 2.75) is 0 Å². The highest BCUT2D eigenvalue weighted by Gasteiger charge is 2.12. The Morgan fingerprint density at radius 3 is 1.83 bits per heavy atom. The van der Waals surface area contributed by atoms with E-state index in [9.17, 15) is 0 Å². The molecule has 41 heavy (non-hydrogen) atoms. The lowest BCUT2D eigenvalue weighted by Crippen LogP contribution is -2.09. The van der Waals surface area contributed by atoms with Crippen LogP contribution in [0.25, 0.3) is 17.7 Å². The maximum absolute atomic E-state index is 6.15. The van der Waals surface area contributed by atoms with E-state index in [-0.39, 0.29) is 0 Å². The van der Waals surface area contributed by atoms with Crippen LogP contribution in [0.2, 0.25) is 0 Å². The van der Waals surface area contributed by atoms with Crippen LogP contribution in [0.5, 0.6) is 11.5 Å². The number of nitrogens with two attached hydrogens (primary N) is 1. The number of nitrogens with zero attached hydrogens (tertiary/aromatic N) is 2. The highest BCUT2D eigenvalue weighted by Crippen LogP contribution is 2.35. The molecule has 5 aromatic rings. The SMILES string of the molecule is C=C(/C=C\C=C/N)c1cc(/C=C/c2ccc(Oc3ccc(N(c4ccccc4)c4ccccc4)cc3)cc2)ccn1. The molecule has 0 spiro atoms. The van der Waals surface area contributed by atoms with Gasteiger partial charge in [0.2, 0.25) is 0 Å². The van der Waals surface area contributed by atoms with E-state index in [0.29, 0.717) is 0 Å². The van der Waals surface area contributed by atoms with Crippen LogP contribution in [0.15, 0.2) is 159 Å². The Morgan fingerprint density at radius 2 is 1.22 bits per heavy atom. The molecule has 0 bridgehead atoms. The molecule has 200 valence electrons. The summed E-state index contributed by atoms with van der Waals surface area (Å²) in [6, 6.07) is 40.8. The molecule has 2 N–H and O–H groups in total. The Balaban J connectivity index is 1.25. The Bertz CT molecular complexity index is 1610. The smallest absolute Gasteiger partial charge is 0.127 e. The Morgan fingerprint density at radius 1 is 0.659 bits per heavy atom. The van der Waals surface area contributed by atoms with Crippen molar-refractivity contribution in [3.8, 4) is 11.5 Å². The first-order chi connectivity index (χ1) is 20.2. The second-order valence-corrected chi connectivity index (χ2v) is 9.25. The molecule has 0 atom stereocenters. The normalized spacial score (nSPS) is 11.3. The molecule has 0 aliphatic carbocycles. The summed E-state index contributed by atoms with van der Waals surface area (Å²) in [5, 5.41) is 0. The first-order valence-corrected chi connectivity index (χ1v) is 13.4.